The lowest BCUT2D eigenvalue weighted by molar-refractivity contribution is -0.870. The average molecular weight is 745 g/mol. The summed E-state index contributed by atoms with van der Waals surface area (Å²) < 4.78 is 34.8. The summed E-state index contributed by atoms with van der Waals surface area (Å²) in [4.78, 5) is 22.8. The number of hydrogen-bond acceptors (Lipinski definition) is 6. The molecule has 0 aliphatic heterocycles. The SMILES string of the molecule is CCCCCCC/C=C\C/C=C\CCCCCCCCCCCC(=O)OC(COCCCCCCCCCC)COP(=O)(O)OCC[N+](C)(C)C. The van der Waals surface area contributed by atoms with Gasteiger partial charge in [-0.3, -0.25) is 13.8 Å². The van der Waals surface area contributed by atoms with Crippen LogP contribution in [0.25, 0.3) is 0 Å². The van der Waals surface area contributed by atoms with Crippen LogP contribution in [0.15, 0.2) is 24.3 Å². The van der Waals surface area contributed by atoms with E-state index in [1.165, 1.54) is 122 Å². The normalized spacial score (nSPS) is 14.1. The molecule has 0 heterocycles. The van der Waals surface area contributed by atoms with Crippen LogP contribution in [0.4, 0.5) is 0 Å². The predicted octanol–water partition coefficient (Wildman–Crippen LogP) is 12.0. The number of rotatable bonds is 39. The Morgan fingerprint density at radius 2 is 1.08 bits per heavy atom. The van der Waals surface area contributed by atoms with Crippen LogP contribution < -0.4 is 0 Å². The molecule has 9 heteroatoms. The third-order valence-corrected chi connectivity index (χ3v) is 10.00. The number of phosphoric ester groups is 1. The maximum absolute atomic E-state index is 12.6. The maximum atomic E-state index is 12.6. The van der Waals surface area contributed by atoms with Gasteiger partial charge in [-0.2, -0.15) is 0 Å². The summed E-state index contributed by atoms with van der Waals surface area (Å²) in [6.45, 7) is 5.60. The van der Waals surface area contributed by atoms with Crippen LogP contribution in [-0.4, -0.2) is 75.6 Å². The number of phosphoric acid groups is 1. The topological polar surface area (TPSA) is 91.3 Å². The van der Waals surface area contributed by atoms with E-state index in [2.05, 4.69) is 38.2 Å². The van der Waals surface area contributed by atoms with E-state index in [1.54, 1.807) is 0 Å². The minimum atomic E-state index is -4.26. The number of quaternary nitrogens is 1. The number of likely N-dealkylation sites (N-methyl/N-ethyl adjacent to an activating group) is 1. The molecule has 0 aromatic heterocycles. The molecular formula is C42H83NO7P+. The van der Waals surface area contributed by atoms with E-state index in [-0.39, 0.29) is 25.8 Å². The summed E-state index contributed by atoms with van der Waals surface area (Å²) >= 11 is 0. The largest absolute Gasteiger partial charge is 0.472 e. The van der Waals surface area contributed by atoms with Crippen LogP contribution in [-0.2, 0) is 27.9 Å². The molecule has 0 rings (SSSR count). The van der Waals surface area contributed by atoms with Gasteiger partial charge in [-0.1, -0.05) is 154 Å². The van der Waals surface area contributed by atoms with Crippen LogP contribution in [0.1, 0.15) is 181 Å². The Morgan fingerprint density at radius 1 is 0.608 bits per heavy atom. The molecule has 302 valence electrons. The van der Waals surface area contributed by atoms with Gasteiger partial charge in [0.15, 0.2) is 0 Å². The van der Waals surface area contributed by atoms with Crippen molar-refractivity contribution in [3.63, 3.8) is 0 Å². The van der Waals surface area contributed by atoms with Crippen molar-refractivity contribution in [2.45, 2.75) is 187 Å². The predicted molar refractivity (Wildman–Crippen MR) is 215 cm³/mol. The Balaban J connectivity index is 4.12. The number of carbonyl (C=O) groups excluding carboxylic acids is 1. The van der Waals surface area contributed by atoms with Crippen LogP contribution in [0.5, 0.6) is 0 Å². The quantitative estimate of drug-likeness (QED) is 0.0220. The highest BCUT2D eigenvalue weighted by molar-refractivity contribution is 7.47. The van der Waals surface area contributed by atoms with Gasteiger partial charge in [0.2, 0.25) is 0 Å². The molecule has 0 spiro atoms. The van der Waals surface area contributed by atoms with Crippen molar-refractivity contribution in [3.8, 4) is 0 Å². The molecule has 8 nitrogen and oxygen atoms in total. The van der Waals surface area contributed by atoms with Gasteiger partial charge in [0, 0.05) is 13.0 Å². The lowest BCUT2D eigenvalue weighted by Crippen LogP contribution is -2.37. The maximum Gasteiger partial charge on any atom is 0.472 e. The Labute approximate surface area is 315 Å². The van der Waals surface area contributed by atoms with Gasteiger partial charge < -0.3 is 18.9 Å². The van der Waals surface area contributed by atoms with Crippen LogP contribution in [0.2, 0.25) is 0 Å². The number of esters is 1. The van der Waals surface area contributed by atoms with Gasteiger partial charge in [0.1, 0.15) is 19.3 Å². The van der Waals surface area contributed by atoms with Gasteiger partial charge in [0.05, 0.1) is 34.4 Å². The van der Waals surface area contributed by atoms with Crippen molar-refractivity contribution in [2.75, 3.05) is 54.1 Å². The van der Waals surface area contributed by atoms with Crippen LogP contribution in [0.3, 0.4) is 0 Å². The van der Waals surface area contributed by atoms with Crippen molar-refractivity contribution in [2.24, 2.45) is 0 Å². The Kier molecular flexibility index (Phi) is 35.3. The van der Waals surface area contributed by atoms with Crippen molar-refractivity contribution >= 4 is 13.8 Å². The standard InChI is InChI=1S/C42H82NO7P/c1-6-8-10-12-14-16-17-18-19-20-21-22-23-24-25-26-27-28-29-31-33-35-42(44)50-41(39-47-37-34-32-30-15-13-11-9-7-2)40-49-51(45,46)48-38-36-43(3,4)5/h17-18,20-21,41H,6-16,19,22-40H2,1-5H3/p+1/b18-17-,21-20-. The van der Waals surface area contributed by atoms with Crippen LogP contribution >= 0.6 is 7.82 Å². The monoisotopic (exact) mass is 745 g/mol. The molecule has 0 radical (unpaired) electrons. The zero-order valence-corrected chi connectivity index (χ0v) is 35.0. The highest BCUT2D eigenvalue weighted by atomic mass is 31.2. The molecule has 0 aromatic carbocycles. The molecule has 0 saturated heterocycles. The van der Waals surface area contributed by atoms with Gasteiger partial charge in [0.25, 0.3) is 0 Å². The first-order chi connectivity index (χ1) is 24.6. The van der Waals surface area contributed by atoms with Gasteiger partial charge in [-0.05, 0) is 44.9 Å². The molecule has 51 heavy (non-hydrogen) atoms. The first-order valence-electron chi connectivity index (χ1n) is 21.1. The molecule has 1 N–H and O–H groups in total. The van der Waals surface area contributed by atoms with Gasteiger partial charge >= 0.3 is 13.8 Å². The van der Waals surface area contributed by atoms with E-state index >= 15 is 0 Å². The van der Waals surface area contributed by atoms with Gasteiger partial charge in [-0.25, -0.2) is 4.57 Å². The summed E-state index contributed by atoms with van der Waals surface area (Å²) in [5, 5.41) is 0. The van der Waals surface area contributed by atoms with Crippen molar-refractivity contribution in [1.29, 1.82) is 0 Å². The molecule has 0 saturated carbocycles. The minimum absolute atomic E-state index is 0.0892. The lowest BCUT2D eigenvalue weighted by atomic mass is 10.1. The second-order valence-corrected chi connectivity index (χ2v) is 16.8. The van der Waals surface area contributed by atoms with E-state index < -0.39 is 13.9 Å². The van der Waals surface area contributed by atoms with E-state index in [0.717, 1.165) is 38.5 Å². The third-order valence-electron chi connectivity index (χ3n) is 9.02. The third kappa shape index (κ3) is 40.0. The second kappa shape index (κ2) is 36.0. The highest BCUT2D eigenvalue weighted by Crippen LogP contribution is 2.43. The van der Waals surface area contributed by atoms with Crippen LogP contribution in [0, 0.1) is 0 Å². The zero-order valence-electron chi connectivity index (χ0n) is 34.1. The molecule has 0 amide bonds. The van der Waals surface area contributed by atoms with E-state index in [9.17, 15) is 14.3 Å². The number of nitrogens with zero attached hydrogens (tertiary/aromatic N) is 1. The van der Waals surface area contributed by atoms with E-state index in [4.69, 9.17) is 18.5 Å². The van der Waals surface area contributed by atoms with Crippen molar-refractivity contribution in [1.82, 2.24) is 0 Å². The van der Waals surface area contributed by atoms with Crippen molar-refractivity contribution in [3.05, 3.63) is 24.3 Å². The molecule has 2 atom stereocenters. The molecule has 0 aliphatic carbocycles. The summed E-state index contributed by atoms with van der Waals surface area (Å²) in [7, 11) is 1.67. The Hall–Kier alpha value is -1.02. The molecule has 2 unspecified atom stereocenters. The molecule has 0 fully saturated rings. The summed E-state index contributed by atoms with van der Waals surface area (Å²) in [6, 6.07) is 0. The van der Waals surface area contributed by atoms with E-state index in [0.29, 0.717) is 24.1 Å². The fourth-order valence-corrected chi connectivity index (χ4v) is 6.44. The fourth-order valence-electron chi connectivity index (χ4n) is 5.70. The highest BCUT2D eigenvalue weighted by Gasteiger charge is 2.26. The molecule has 0 aromatic rings. The number of hydrogen-bond donors (Lipinski definition) is 1. The molecule has 0 aliphatic rings. The van der Waals surface area contributed by atoms with E-state index in [1.807, 2.05) is 21.1 Å². The number of ether oxygens (including phenoxy) is 2. The fraction of sp³-hybridized carbons (Fsp3) is 0.881. The lowest BCUT2D eigenvalue weighted by Gasteiger charge is -2.24. The number of carbonyl (C=O) groups is 1. The summed E-state index contributed by atoms with van der Waals surface area (Å²) in [6.07, 6.45) is 39.3. The summed E-state index contributed by atoms with van der Waals surface area (Å²) in [5.74, 6) is -0.319. The first-order valence-corrected chi connectivity index (χ1v) is 22.6. The average Bonchev–Trinajstić information content (AvgIpc) is 3.08. The minimum Gasteiger partial charge on any atom is -0.457 e. The Morgan fingerprint density at radius 3 is 1.59 bits per heavy atom. The van der Waals surface area contributed by atoms with Crippen molar-refractivity contribution < 1.29 is 37.3 Å². The molecular weight excluding hydrogens is 661 g/mol. The molecule has 0 bridgehead atoms. The first kappa shape index (κ1) is 50.0. The number of unbranched alkanes of at least 4 members (excludes halogenated alkanes) is 21. The Bertz CT molecular complexity index is 874. The number of allylic oxidation sites excluding steroid dienone is 4. The summed E-state index contributed by atoms with van der Waals surface area (Å²) in [5.41, 5.74) is 0. The second-order valence-electron chi connectivity index (χ2n) is 15.4. The zero-order chi connectivity index (χ0) is 37.7. The smallest absolute Gasteiger partial charge is 0.457 e. The van der Waals surface area contributed by atoms with Gasteiger partial charge in [-0.15, -0.1) is 0 Å².